The number of ether oxygens (including phenoxy) is 3. The van der Waals surface area contributed by atoms with Crippen molar-refractivity contribution in [2.75, 3.05) is 6.61 Å². The van der Waals surface area contributed by atoms with E-state index in [9.17, 15) is 9.59 Å². The van der Waals surface area contributed by atoms with Gasteiger partial charge in [-0.2, -0.15) is 0 Å². The van der Waals surface area contributed by atoms with E-state index in [2.05, 4.69) is 43.9 Å². The fourth-order valence-electron chi connectivity index (χ4n) is 2.35. The predicted molar refractivity (Wildman–Crippen MR) is 96.7 cm³/mol. The molecule has 1 fully saturated rings. The van der Waals surface area contributed by atoms with E-state index >= 15 is 0 Å². The molecule has 26 heavy (non-hydrogen) atoms. The van der Waals surface area contributed by atoms with Gasteiger partial charge in [-0.3, -0.25) is 9.59 Å². The summed E-state index contributed by atoms with van der Waals surface area (Å²) >= 11 is 0. The Balaban J connectivity index is 3.05. The predicted octanol–water partition coefficient (Wildman–Crippen LogP) is 3.30. The molecule has 0 amide bonds. The summed E-state index contributed by atoms with van der Waals surface area (Å²) < 4.78 is 22.5. The third-order valence-electron chi connectivity index (χ3n) is 4.69. The lowest BCUT2D eigenvalue weighted by atomic mass is 9.99. The molecule has 4 atom stereocenters. The van der Waals surface area contributed by atoms with Crippen molar-refractivity contribution in [3.05, 3.63) is 10.4 Å². The van der Waals surface area contributed by atoms with Crippen LogP contribution in [-0.4, -0.2) is 51.4 Å². The highest BCUT2D eigenvalue weighted by Crippen LogP contribution is 2.39. The van der Waals surface area contributed by atoms with Crippen LogP contribution >= 0.6 is 0 Å². The maximum absolute atomic E-state index is 11.4. The number of carbonyl (C=O) groups is 2. The first kappa shape index (κ1) is 22.4. The average Bonchev–Trinajstić information content (AvgIpc) is 2.46. The normalized spacial score (nSPS) is 26.6. The number of esters is 2. The van der Waals surface area contributed by atoms with Crippen LogP contribution in [0.1, 0.15) is 41.0 Å². The summed E-state index contributed by atoms with van der Waals surface area (Å²) in [5.41, 5.74) is 8.88. The van der Waals surface area contributed by atoms with Gasteiger partial charge in [0.05, 0.1) is 6.04 Å². The summed E-state index contributed by atoms with van der Waals surface area (Å²) in [5.74, 6) is -1.02. The van der Waals surface area contributed by atoms with Crippen molar-refractivity contribution in [3.8, 4) is 0 Å². The molecule has 0 bridgehead atoms. The molecule has 0 aliphatic carbocycles. The van der Waals surface area contributed by atoms with Gasteiger partial charge in [0.25, 0.3) is 0 Å². The van der Waals surface area contributed by atoms with Crippen molar-refractivity contribution < 1.29 is 28.2 Å². The standard InChI is InChI=1S/C16H29N3O6Si/c1-10(20)22-9-13-15(23-11(2)21)12(18-19-17)8-14(24-13)25-26(6,7)16(3,4)5/h12-15H,8-9H2,1-7H3/t12-,13-,14+,15+/m1/s1. The van der Waals surface area contributed by atoms with E-state index in [1.807, 2.05) is 0 Å². The first-order chi connectivity index (χ1) is 11.9. The molecule has 1 aliphatic heterocycles. The lowest BCUT2D eigenvalue weighted by molar-refractivity contribution is -0.220. The number of hydrogen-bond acceptors (Lipinski definition) is 7. The highest BCUT2D eigenvalue weighted by Gasteiger charge is 2.46. The van der Waals surface area contributed by atoms with Crippen molar-refractivity contribution in [2.45, 2.75) is 83.7 Å². The van der Waals surface area contributed by atoms with Crippen molar-refractivity contribution in [2.24, 2.45) is 5.11 Å². The Hall–Kier alpha value is -1.61. The van der Waals surface area contributed by atoms with Gasteiger partial charge in [0.1, 0.15) is 25.1 Å². The molecule has 0 saturated carbocycles. The fraction of sp³-hybridized carbons (Fsp3) is 0.875. The van der Waals surface area contributed by atoms with Crippen LogP contribution in [0.5, 0.6) is 0 Å². The van der Waals surface area contributed by atoms with Gasteiger partial charge in [0, 0.05) is 25.2 Å². The van der Waals surface area contributed by atoms with Gasteiger partial charge in [-0.15, -0.1) is 0 Å². The summed E-state index contributed by atoms with van der Waals surface area (Å²) in [6, 6.07) is -0.673. The van der Waals surface area contributed by atoms with Gasteiger partial charge in [0.15, 0.2) is 8.32 Å². The maximum Gasteiger partial charge on any atom is 0.303 e. The molecule has 10 heteroatoms. The minimum atomic E-state index is -2.15. The number of rotatable bonds is 6. The molecule has 0 aromatic carbocycles. The summed E-state index contributed by atoms with van der Waals surface area (Å²) in [5, 5.41) is 3.72. The number of carbonyl (C=O) groups excluding carboxylic acids is 2. The van der Waals surface area contributed by atoms with Crippen LogP contribution < -0.4 is 0 Å². The molecular formula is C16H29N3O6Si. The molecule has 1 aliphatic rings. The monoisotopic (exact) mass is 387 g/mol. The zero-order valence-electron chi connectivity index (χ0n) is 16.5. The van der Waals surface area contributed by atoms with E-state index in [0.717, 1.165) is 0 Å². The van der Waals surface area contributed by atoms with Crippen molar-refractivity contribution in [1.82, 2.24) is 0 Å². The molecule has 1 saturated heterocycles. The summed E-state index contributed by atoms with van der Waals surface area (Å²) in [7, 11) is -2.15. The second-order valence-corrected chi connectivity index (χ2v) is 12.6. The van der Waals surface area contributed by atoms with E-state index in [1.165, 1.54) is 13.8 Å². The third kappa shape index (κ3) is 6.28. The van der Waals surface area contributed by atoms with Gasteiger partial charge in [-0.25, -0.2) is 0 Å². The number of hydrogen-bond donors (Lipinski definition) is 0. The van der Waals surface area contributed by atoms with Crippen molar-refractivity contribution in [1.29, 1.82) is 0 Å². The minimum Gasteiger partial charge on any atom is -0.463 e. The molecular weight excluding hydrogens is 358 g/mol. The Morgan fingerprint density at radius 2 is 1.88 bits per heavy atom. The van der Waals surface area contributed by atoms with Crippen molar-refractivity contribution >= 4 is 20.3 Å². The Labute approximate surface area is 155 Å². The molecule has 1 heterocycles. The summed E-state index contributed by atoms with van der Waals surface area (Å²) in [4.78, 5) is 25.5. The molecule has 0 radical (unpaired) electrons. The Kier molecular flexibility index (Phi) is 7.64. The molecule has 0 unspecified atom stereocenters. The van der Waals surface area contributed by atoms with Gasteiger partial charge in [-0.05, 0) is 23.7 Å². The lowest BCUT2D eigenvalue weighted by Gasteiger charge is -2.44. The molecule has 0 aromatic heterocycles. The quantitative estimate of drug-likeness (QED) is 0.227. The zero-order valence-corrected chi connectivity index (χ0v) is 17.5. The van der Waals surface area contributed by atoms with Crippen LogP contribution in [0.15, 0.2) is 5.11 Å². The van der Waals surface area contributed by atoms with Gasteiger partial charge in [0.2, 0.25) is 0 Å². The SMILES string of the molecule is CC(=O)OC[C@H]1O[C@@H](O[Si](C)(C)C(C)(C)C)C[C@@H](N=[N+]=[N-])[C@@H]1OC(C)=O. The van der Waals surface area contributed by atoms with Crippen LogP contribution in [0.3, 0.4) is 0 Å². The second kappa shape index (κ2) is 8.85. The topological polar surface area (TPSA) is 120 Å². The highest BCUT2D eigenvalue weighted by molar-refractivity contribution is 6.74. The number of nitrogens with zero attached hydrogens (tertiary/aromatic N) is 3. The van der Waals surface area contributed by atoms with Crippen LogP contribution in [0.4, 0.5) is 0 Å². The van der Waals surface area contributed by atoms with Gasteiger partial charge < -0.3 is 18.6 Å². The van der Waals surface area contributed by atoms with Crippen LogP contribution in [0.2, 0.25) is 18.1 Å². The van der Waals surface area contributed by atoms with Gasteiger partial charge >= 0.3 is 11.9 Å². The summed E-state index contributed by atoms with van der Waals surface area (Å²) in [6.07, 6.45) is -2.01. The van der Waals surface area contributed by atoms with Gasteiger partial charge in [-0.1, -0.05) is 25.9 Å². The Morgan fingerprint density at radius 3 is 2.35 bits per heavy atom. The maximum atomic E-state index is 11.4. The van der Waals surface area contributed by atoms with Crippen LogP contribution in [-0.2, 0) is 28.2 Å². The minimum absolute atomic E-state index is 0.0392. The van der Waals surface area contributed by atoms with Crippen LogP contribution in [0.25, 0.3) is 10.4 Å². The third-order valence-corrected chi connectivity index (χ3v) is 9.16. The Bertz CT molecular complexity index is 571. The van der Waals surface area contributed by atoms with Crippen molar-refractivity contribution in [3.63, 3.8) is 0 Å². The smallest absolute Gasteiger partial charge is 0.303 e. The first-order valence-electron chi connectivity index (χ1n) is 8.55. The fourth-order valence-corrected chi connectivity index (χ4v) is 3.51. The van der Waals surface area contributed by atoms with E-state index in [4.69, 9.17) is 24.2 Å². The largest absolute Gasteiger partial charge is 0.463 e. The molecule has 148 valence electrons. The molecule has 0 N–H and O–H groups in total. The first-order valence-corrected chi connectivity index (χ1v) is 11.5. The average molecular weight is 388 g/mol. The second-order valence-electron chi connectivity index (χ2n) is 7.87. The highest BCUT2D eigenvalue weighted by atomic mass is 28.4. The van der Waals surface area contributed by atoms with E-state index in [1.54, 1.807) is 0 Å². The molecule has 0 aromatic rings. The van der Waals surface area contributed by atoms with E-state index < -0.39 is 44.8 Å². The van der Waals surface area contributed by atoms with E-state index in [0.29, 0.717) is 0 Å². The van der Waals surface area contributed by atoms with Crippen LogP contribution in [0, 0.1) is 0 Å². The Morgan fingerprint density at radius 1 is 1.27 bits per heavy atom. The number of azide groups is 1. The molecule has 0 spiro atoms. The summed E-state index contributed by atoms with van der Waals surface area (Å²) in [6.45, 7) is 12.9. The van der Waals surface area contributed by atoms with E-state index in [-0.39, 0.29) is 18.1 Å². The molecule has 9 nitrogen and oxygen atoms in total. The zero-order chi connectivity index (χ0) is 20.1. The molecule has 1 rings (SSSR count). The lowest BCUT2D eigenvalue weighted by Crippen LogP contribution is -2.55.